The zero-order valence-corrected chi connectivity index (χ0v) is 20.1. The lowest BCUT2D eigenvalue weighted by atomic mass is 10.1. The van der Waals surface area contributed by atoms with Crippen molar-refractivity contribution in [3.63, 3.8) is 0 Å². The highest BCUT2D eigenvalue weighted by atomic mass is 31.2. The number of rotatable bonds is 0. The van der Waals surface area contributed by atoms with Gasteiger partial charge in [-0.15, -0.1) is 0 Å². The summed E-state index contributed by atoms with van der Waals surface area (Å²) in [4.78, 5) is 21.6. The van der Waals surface area contributed by atoms with Gasteiger partial charge in [-0.3, -0.25) is 0 Å². The van der Waals surface area contributed by atoms with Crippen molar-refractivity contribution < 1.29 is 34.6 Å². The molecule has 0 bridgehead atoms. The maximum absolute atomic E-state index is 9.21. The first-order chi connectivity index (χ1) is 14.6. The summed E-state index contributed by atoms with van der Waals surface area (Å²) in [6.45, 7) is 11.3. The molecule has 8 heteroatoms. The summed E-state index contributed by atoms with van der Waals surface area (Å²) in [6, 6.07) is 17.2. The van der Waals surface area contributed by atoms with E-state index in [1.165, 1.54) is 0 Å². The minimum absolute atomic E-state index is 0.414. The van der Waals surface area contributed by atoms with E-state index in [-0.39, 0.29) is 0 Å². The van der Waals surface area contributed by atoms with E-state index in [0.717, 1.165) is 33.4 Å². The predicted molar refractivity (Wildman–Crippen MR) is 127 cm³/mol. The highest BCUT2D eigenvalue weighted by molar-refractivity contribution is 7.45. The summed E-state index contributed by atoms with van der Waals surface area (Å²) >= 11 is 0. The minimum Gasteiger partial charge on any atom is -0.507 e. The lowest BCUT2D eigenvalue weighted by Crippen LogP contribution is -1.76. The van der Waals surface area contributed by atoms with E-state index < -0.39 is 7.82 Å². The molecule has 0 saturated carbocycles. The van der Waals surface area contributed by atoms with Crippen LogP contribution >= 0.6 is 7.82 Å². The van der Waals surface area contributed by atoms with Gasteiger partial charge in [0, 0.05) is 0 Å². The van der Waals surface area contributed by atoms with Crippen molar-refractivity contribution in [1.29, 1.82) is 0 Å². The Morgan fingerprint density at radius 1 is 0.469 bits per heavy atom. The lowest BCUT2D eigenvalue weighted by Gasteiger charge is -1.99. The van der Waals surface area contributed by atoms with Crippen molar-refractivity contribution in [1.82, 2.24) is 0 Å². The Bertz CT molecular complexity index is 856. The molecule has 0 spiro atoms. The van der Waals surface area contributed by atoms with Crippen molar-refractivity contribution in [2.24, 2.45) is 0 Å². The van der Waals surface area contributed by atoms with Crippen LogP contribution in [-0.2, 0) is 4.57 Å². The van der Waals surface area contributed by atoms with Crippen LogP contribution in [0.4, 0.5) is 0 Å². The van der Waals surface area contributed by atoms with E-state index in [4.69, 9.17) is 19.2 Å². The lowest BCUT2D eigenvalue weighted by molar-refractivity contribution is 0.275. The molecule has 0 aliphatic rings. The fourth-order valence-electron chi connectivity index (χ4n) is 2.42. The van der Waals surface area contributed by atoms with E-state index in [2.05, 4.69) is 0 Å². The summed E-state index contributed by atoms with van der Waals surface area (Å²) in [7, 11) is -4.64. The molecule has 0 saturated heterocycles. The van der Waals surface area contributed by atoms with Crippen LogP contribution in [0.25, 0.3) is 0 Å². The molecule has 7 nitrogen and oxygen atoms in total. The number of para-hydroxylation sites is 3. The number of benzene rings is 3. The van der Waals surface area contributed by atoms with Gasteiger partial charge in [-0.2, -0.15) is 0 Å². The number of hydrogen-bond acceptors (Lipinski definition) is 4. The second kappa shape index (κ2) is 13.6. The highest BCUT2D eigenvalue weighted by Crippen LogP contribution is 2.26. The zero-order chi connectivity index (χ0) is 25.1. The topological polar surface area (TPSA) is 138 Å². The van der Waals surface area contributed by atoms with Crippen molar-refractivity contribution in [2.75, 3.05) is 0 Å². The fraction of sp³-hybridized carbons (Fsp3) is 0.250. The Labute approximate surface area is 189 Å². The van der Waals surface area contributed by atoms with Crippen molar-refractivity contribution in [2.45, 2.75) is 41.5 Å². The van der Waals surface area contributed by atoms with Gasteiger partial charge in [0.05, 0.1) is 0 Å². The molecule has 0 fully saturated rings. The Kier molecular flexibility index (Phi) is 12.4. The van der Waals surface area contributed by atoms with Gasteiger partial charge in [0.25, 0.3) is 0 Å². The third-order valence-electron chi connectivity index (χ3n) is 4.32. The number of hydrogen-bond donors (Lipinski definition) is 6. The molecule has 0 heterocycles. The molecule has 6 N–H and O–H groups in total. The maximum Gasteiger partial charge on any atom is 0.466 e. The summed E-state index contributed by atoms with van der Waals surface area (Å²) in [6.07, 6.45) is 0. The monoisotopic (exact) mass is 464 g/mol. The Morgan fingerprint density at radius 3 is 0.688 bits per heavy atom. The quantitative estimate of drug-likeness (QED) is 0.255. The van der Waals surface area contributed by atoms with Crippen LogP contribution in [0.5, 0.6) is 17.2 Å². The first-order valence-corrected chi connectivity index (χ1v) is 11.3. The Balaban J connectivity index is 0.000000410. The van der Waals surface area contributed by atoms with Crippen LogP contribution in [-0.4, -0.2) is 30.0 Å². The van der Waals surface area contributed by atoms with E-state index in [1.54, 1.807) is 0 Å². The molecule has 0 amide bonds. The van der Waals surface area contributed by atoms with Gasteiger partial charge in [0.1, 0.15) is 17.2 Å². The van der Waals surface area contributed by atoms with Crippen LogP contribution in [0.15, 0.2) is 54.6 Å². The largest absolute Gasteiger partial charge is 0.507 e. The normalized spacial score (nSPS) is 9.91. The Hall–Kier alpha value is -2.83. The molecule has 3 aromatic carbocycles. The number of phenolic OH excluding ortho intramolecular Hbond substituents is 3. The van der Waals surface area contributed by atoms with Crippen LogP contribution in [0, 0.1) is 41.5 Å². The molecular weight excluding hydrogens is 431 g/mol. The molecule has 0 atom stereocenters. The third kappa shape index (κ3) is 12.1. The van der Waals surface area contributed by atoms with Crippen molar-refractivity contribution >= 4 is 7.82 Å². The second-order valence-corrected chi connectivity index (χ2v) is 8.26. The first-order valence-electron chi connectivity index (χ1n) is 9.69. The molecule has 3 aromatic rings. The number of aromatic hydroxyl groups is 3. The average Bonchev–Trinajstić information content (AvgIpc) is 2.68. The van der Waals surface area contributed by atoms with E-state index in [1.807, 2.05) is 96.1 Å². The number of aryl methyl sites for hydroxylation is 6. The highest BCUT2D eigenvalue weighted by Gasteiger charge is 2.00. The first kappa shape index (κ1) is 29.2. The van der Waals surface area contributed by atoms with Crippen molar-refractivity contribution in [3.05, 3.63) is 88.0 Å². The minimum atomic E-state index is -4.64. The molecule has 32 heavy (non-hydrogen) atoms. The predicted octanol–water partition coefficient (Wildman–Crippen LogP) is 5.10. The summed E-state index contributed by atoms with van der Waals surface area (Å²) in [5.74, 6) is 1.24. The average molecular weight is 464 g/mol. The molecule has 176 valence electrons. The standard InChI is InChI=1S/3C8H10O.H3O4P/c3*1-6-4-3-5-7(2)8(6)9;1-5(2,3)4/h3*3-5,9H,1-2H3;(H3,1,2,3,4). The SMILES string of the molecule is Cc1cccc(C)c1O.Cc1cccc(C)c1O.Cc1cccc(C)c1O.O=P(O)(O)O. The van der Waals surface area contributed by atoms with Crippen LogP contribution in [0.2, 0.25) is 0 Å². The summed E-state index contributed by atoms with van der Waals surface area (Å²) in [5, 5.41) is 27.6. The second-order valence-electron chi connectivity index (χ2n) is 7.23. The maximum atomic E-state index is 9.21. The summed E-state index contributed by atoms with van der Waals surface area (Å²) < 4.78 is 8.88. The zero-order valence-electron chi connectivity index (χ0n) is 19.2. The molecule has 0 unspecified atom stereocenters. The smallest absolute Gasteiger partial charge is 0.466 e. The Morgan fingerprint density at radius 2 is 0.594 bits per heavy atom. The molecule has 0 aliphatic heterocycles. The van der Waals surface area contributed by atoms with Gasteiger partial charge in [-0.05, 0) is 74.9 Å². The summed E-state index contributed by atoms with van der Waals surface area (Å²) in [5.41, 5.74) is 5.64. The van der Waals surface area contributed by atoms with Crippen LogP contribution < -0.4 is 0 Å². The van der Waals surface area contributed by atoms with E-state index in [9.17, 15) is 15.3 Å². The van der Waals surface area contributed by atoms with Crippen LogP contribution in [0.3, 0.4) is 0 Å². The third-order valence-corrected chi connectivity index (χ3v) is 4.32. The van der Waals surface area contributed by atoms with Gasteiger partial charge < -0.3 is 30.0 Å². The van der Waals surface area contributed by atoms with E-state index >= 15 is 0 Å². The van der Waals surface area contributed by atoms with Crippen molar-refractivity contribution in [3.8, 4) is 17.2 Å². The van der Waals surface area contributed by atoms with Gasteiger partial charge in [0.15, 0.2) is 0 Å². The van der Waals surface area contributed by atoms with Gasteiger partial charge >= 0.3 is 7.82 Å². The van der Waals surface area contributed by atoms with Crippen LogP contribution in [0.1, 0.15) is 33.4 Å². The van der Waals surface area contributed by atoms with Gasteiger partial charge in [-0.25, -0.2) is 4.57 Å². The molecule has 0 radical (unpaired) electrons. The molecule has 3 rings (SSSR count). The van der Waals surface area contributed by atoms with E-state index in [0.29, 0.717) is 17.2 Å². The van der Waals surface area contributed by atoms with Gasteiger partial charge in [-0.1, -0.05) is 54.6 Å². The number of phosphoric acid groups is 1. The number of phenols is 3. The van der Waals surface area contributed by atoms with Gasteiger partial charge in [0.2, 0.25) is 0 Å². The molecular formula is C24H33O7P. The fourth-order valence-corrected chi connectivity index (χ4v) is 2.42. The molecule has 0 aromatic heterocycles. The molecule has 0 aliphatic carbocycles.